The molecule has 0 bridgehead atoms. The minimum atomic E-state index is -0.997. The zero-order chi connectivity index (χ0) is 19.9. The Morgan fingerprint density at radius 2 is 1.79 bits per heavy atom. The number of methoxy groups -OCH3 is 1. The molecule has 0 spiro atoms. The average molecular weight is 395 g/mol. The van der Waals surface area contributed by atoms with E-state index in [1.807, 2.05) is 24.3 Å². The highest BCUT2D eigenvalue weighted by atomic mass is 35.5. The molecule has 4 nitrogen and oxygen atoms in total. The van der Waals surface area contributed by atoms with E-state index in [4.69, 9.17) is 21.1 Å². The maximum Gasteiger partial charge on any atom is 0.336 e. The Morgan fingerprint density at radius 3 is 2.46 bits per heavy atom. The van der Waals surface area contributed by atoms with Gasteiger partial charge in [0.05, 0.1) is 12.7 Å². The minimum Gasteiger partial charge on any atom is -0.493 e. The van der Waals surface area contributed by atoms with E-state index in [9.17, 15) is 9.90 Å². The summed E-state index contributed by atoms with van der Waals surface area (Å²) in [4.78, 5) is 11.7. The summed E-state index contributed by atoms with van der Waals surface area (Å²) in [6.07, 6.45) is 1.61. The monoisotopic (exact) mass is 394 g/mol. The zero-order valence-corrected chi connectivity index (χ0v) is 16.0. The predicted molar refractivity (Wildman–Crippen MR) is 111 cm³/mol. The lowest BCUT2D eigenvalue weighted by Crippen LogP contribution is -2.00. The Morgan fingerprint density at radius 1 is 1.00 bits per heavy atom. The molecule has 0 aliphatic rings. The molecule has 0 heterocycles. The SMILES string of the molecule is COc1ccc(/C=C(\C(=O)O)c2ccccc2)cc1OCc1cccc(Cl)c1. The summed E-state index contributed by atoms with van der Waals surface area (Å²) < 4.78 is 11.3. The molecule has 0 aromatic heterocycles. The van der Waals surface area contributed by atoms with Crippen molar-refractivity contribution in [1.82, 2.24) is 0 Å². The van der Waals surface area contributed by atoms with Gasteiger partial charge in [-0.2, -0.15) is 0 Å². The Labute approximate surface area is 168 Å². The van der Waals surface area contributed by atoms with Crippen molar-refractivity contribution in [2.24, 2.45) is 0 Å². The molecule has 0 fully saturated rings. The Bertz CT molecular complexity index is 996. The predicted octanol–water partition coefficient (Wildman–Crippen LogP) is 5.55. The number of aliphatic carboxylic acids is 1. The van der Waals surface area contributed by atoms with Gasteiger partial charge in [-0.1, -0.05) is 60.1 Å². The molecule has 5 heteroatoms. The maximum absolute atomic E-state index is 11.7. The highest BCUT2D eigenvalue weighted by Crippen LogP contribution is 2.31. The molecule has 0 saturated heterocycles. The van der Waals surface area contributed by atoms with E-state index in [1.165, 1.54) is 0 Å². The zero-order valence-electron chi connectivity index (χ0n) is 15.3. The van der Waals surface area contributed by atoms with Crippen molar-refractivity contribution in [1.29, 1.82) is 0 Å². The lowest BCUT2D eigenvalue weighted by molar-refractivity contribution is -0.130. The van der Waals surface area contributed by atoms with Crippen molar-refractivity contribution >= 4 is 29.2 Å². The van der Waals surface area contributed by atoms with Gasteiger partial charge >= 0.3 is 5.97 Å². The van der Waals surface area contributed by atoms with Crippen molar-refractivity contribution in [3.8, 4) is 11.5 Å². The van der Waals surface area contributed by atoms with Crippen LogP contribution in [0.2, 0.25) is 5.02 Å². The number of carboxylic acids is 1. The normalized spacial score (nSPS) is 11.1. The highest BCUT2D eigenvalue weighted by Gasteiger charge is 2.12. The van der Waals surface area contributed by atoms with Gasteiger partial charge in [0.1, 0.15) is 6.61 Å². The van der Waals surface area contributed by atoms with Crippen molar-refractivity contribution in [2.45, 2.75) is 6.61 Å². The third-order valence-corrected chi connectivity index (χ3v) is 4.33. The molecule has 0 radical (unpaired) electrons. The second-order valence-corrected chi connectivity index (χ2v) is 6.49. The van der Waals surface area contributed by atoms with Gasteiger partial charge in [-0.3, -0.25) is 0 Å². The highest BCUT2D eigenvalue weighted by molar-refractivity contribution is 6.30. The summed E-state index contributed by atoms with van der Waals surface area (Å²) in [5, 5.41) is 10.2. The van der Waals surface area contributed by atoms with Gasteiger partial charge in [0.2, 0.25) is 0 Å². The molecule has 0 saturated carbocycles. The molecule has 0 atom stereocenters. The van der Waals surface area contributed by atoms with Gasteiger partial charge in [0, 0.05) is 5.02 Å². The fraction of sp³-hybridized carbons (Fsp3) is 0.0870. The van der Waals surface area contributed by atoms with E-state index < -0.39 is 5.97 Å². The van der Waals surface area contributed by atoms with Crippen molar-refractivity contribution in [3.05, 3.63) is 94.5 Å². The number of ether oxygens (including phenoxy) is 2. The van der Waals surface area contributed by atoms with Gasteiger partial charge in [-0.05, 0) is 47.0 Å². The number of carbonyl (C=O) groups is 1. The number of benzene rings is 3. The summed E-state index contributed by atoms with van der Waals surface area (Å²) in [6, 6.07) is 21.7. The largest absolute Gasteiger partial charge is 0.493 e. The molecule has 3 aromatic carbocycles. The van der Waals surface area contributed by atoms with E-state index in [0.717, 1.165) is 5.56 Å². The lowest BCUT2D eigenvalue weighted by Gasteiger charge is -2.12. The van der Waals surface area contributed by atoms with Crippen LogP contribution in [0, 0.1) is 0 Å². The molecule has 0 amide bonds. The molecule has 1 N–H and O–H groups in total. The fourth-order valence-corrected chi connectivity index (χ4v) is 2.95. The molecular weight excluding hydrogens is 376 g/mol. The third kappa shape index (κ3) is 4.93. The van der Waals surface area contributed by atoms with E-state index in [2.05, 4.69) is 0 Å². The quantitative estimate of drug-likeness (QED) is 0.421. The van der Waals surface area contributed by atoms with Crippen LogP contribution in [0.25, 0.3) is 11.6 Å². The molecule has 0 aliphatic carbocycles. The second kappa shape index (κ2) is 9.11. The molecule has 0 unspecified atom stereocenters. The van der Waals surface area contributed by atoms with Crippen molar-refractivity contribution in [3.63, 3.8) is 0 Å². The van der Waals surface area contributed by atoms with Crippen LogP contribution in [-0.2, 0) is 11.4 Å². The summed E-state index contributed by atoms with van der Waals surface area (Å²) in [7, 11) is 1.56. The number of carboxylic acid groups (broad SMARTS) is 1. The molecule has 142 valence electrons. The molecular formula is C23H19ClO4. The molecule has 3 aromatic rings. The first kappa shape index (κ1) is 19.5. The third-order valence-electron chi connectivity index (χ3n) is 4.10. The minimum absolute atomic E-state index is 0.201. The van der Waals surface area contributed by atoms with Gasteiger partial charge in [-0.25, -0.2) is 4.79 Å². The van der Waals surface area contributed by atoms with Gasteiger partial charge in [-0.15, -0.1) is 0 Å². The van der Waals surface area contributed by atoms with Gasteiger partial charge in [0.15, 0.2) is 11.5 Å². The fourth-order valence-electron chi connectivity index (χ4n) is 2.74. The van der Waals surface area contributed by atoms with E-state index >= 15 is 0 Å². The van der Waals surface area contributed by atoms with Crippen LogP contribution in [0.5, 0.6) is 11.5 Å². The van der Waals surface area contributed by atoms with Crippen LogP contribution in [0.15, 0.2) is 72.8 Å². The Kier molecular flexibility index (Phi) is 6.35. The Hall–Kier alpha value is -3.24. The van der Waals surface area contributed by atoms with Crippen LogP contribution in [-0.4, -0.2) is 18.2 Å². The van der Waals surface area contributed by atoms with Crippen LogP contribution < -0.4 is 9.47 Å². The van der Waals surface area contributed by atoms with Crippen LogP contribution in [0.3, 0.4) is 0 Å². The first-order chi connectivity index (χ1) is 13.6. The van der Waals surface area contributed by atoms with Gasteiger partial charge < -0.3 is 14.6 Å². The number of hydrogen-bond donors (Lipinski definition) is 1. The number of rotatable bonds is 7. The van der Waals surface area contributed by atoms with Crippen molar-refractivity contribution in [2.75, 3.05) is 7.11 Å². The first-order valence-corrected chi connectivity index (χ1v) is 9.00. The second-order valence-electron chi connectivity index (χ2n) is 6.06. The summed E-state index contributed by atoms with van der Waals surface area (Å²) in [6.45, 7) is 0.314. The average Bonchev–Trinajstić information content (AvgIpc) is 2.71. The molecule has 0 aliphatic heterocycles. The van der Waals surface area contributed by atoms with E-state index in [-0.39, 0.29) is 5.57 Å². The smallest absolute Gasteiger partial charge is 0.336 e. The lowest BCUT2D eigenvalue weighted by atomic mass is 10.0. The van der Waals surface area contributed by atoms with Crippen LogP contribution in [0.4, 0.5) is 0 Å². The van der Waals surface area contributed by atoms with Crippen molar-refractivity contribution < 1.29 is 19.4 Å². The Balaban J connectivity index is 1.90. The van der Waals surface area contributed by atoms with Gasteiger partial charge in [0.25, 0.3) is 0 Å². The summed E-state index contributed by atoms with van der Waals surface area (Å²) in [5.41, 5.74) is 2.45. The maximum atomic E-state index is 11.7. The number of hydrogen-bond acceptors (Lipinski definition) is 3. The standard InChI is InChI=1S/C23H19ClO4/c1-27-21-11-10-16(13-20(23(25)26)18-7-3-2-4-8-18)14-22(21)28-15-17-6-5-9-19(24)12-17/h2-14H,15H2,1H3,(H,25,26)/b20-13-. The van der Waals surface area contributed by atoms with E-state index in [1.54, 1.807) is 61.7 Å². The summed E-state index contributed by atoms with van der Waals surface area (Å²) in [5.74, 6) is 0.0909. The summed E-state index contributed by atoms with van der Waals surface area (Å²) >= 11 is 6.01. The topological polar surface area (TPSA) is 55.8 Å². The molecule has 3 rings (SSSR count). The number of halogens is 1. The van der Waals surface area contributed by atoms with Crippen LogP contribution >= 0.6 is 11.6 Å². The first-order valence-electron chi connectivity index (χ1n) is 8.62. The van der Waals surface area contributed by atoms with E-state index in [0.29, 0.717) is 34.3 Å². The van der Waals surface area contributed by atoms with Crippen LogP contribution in [0.1, 0.15) is 16.7 Å². The molecule has 28 heavy (non-hydrogen) atoms.